The van der Waals surface area contributed by atoms with E-state index in [0.717, 1.165) is 6.26 Å². The molecule has 170 valence electrons. The smallest absolute Gasteiger partial charge is 0.269 e. The van der Waals surface area contributed by atoms with Crippen molar-refractivity contribution in [2.24, 2.45) is 0 Å². The van der Waals surface area contributed by atoms with Crippen LogP contribution in [0.5, 0.6) is 0 Å². The van der Waals surface area contributed by atoms with E-state index in [-0.39, 0.29) is 35.8 Å². The molecule has 2 amide bonds. The van der Waals surface area contributed by atoms with Gasteiger partial charge in [0, 0.05) is 37.9 Å². The first kappa shape index (κ1) is 23.8. The number of hydrogen-bond acceptors (Lipinski definition) is 6. The molecular formula is C21H24ClN5O4S. The van der Waals surface area contributed by atoms with E-state index in [0.29, 0.717) is 16.8 Å². The minimum Gasteiger partial charge on any atom is -0.354 e. The second kappa shape index (κ2) is 9.35. The number of carbonyl (C=O) groups excluding carboxylic acids is 2. The van der Waals surface area contributed by atoms with E-state index >= 15 is 0 Å². The fourth-order valence-corrected chi connectivity index (χ4v) is 5.48. The first-order chi connectivity index (χ1) is 15.0. The molecule has 1 aliphatic heterocycles. The maximum Gasteiger partial charge on any atom is 0.269 e. The van der Waals surface area contributed by atoms with Crippen LogP contribution in [-0.2, 0) is 14.8 Å². The fraction of sp³-hybridized carbons (Fsp3) is 0.333. The Hall–Kier alpha value is -2.82. The lowest BCUT2D eigenvalue weighted by Gasteiger charge is -2.44. The standard InChI is InChI=1S/C21H24ClN5O4S/c1-5-20(28)26-11-13(2)27(32(4,30)31)18(12-26)15-9-16(25-19(22)10-15)14-6-7-24-17(8-14)21(29)23-3/h5-10,13,18H,1,11-12H2,2-4H3,(H,23,29)/t13-,18?/m0/s1. The molecule has 0 bridgehead atoms. The van der Waals surface area contributed by atoms with Crippen molar-refractivity contribution in [2.45, 2.75) is 19.0 Å². The van der Waals surface area contributed by atoms with Crippen LogP contribution in [0.3, 0.4) is 0 Å². The van der Waals surface area contributed by atoms with Crippen LogP contribution in [-0.4, -0.2) is 71.8 Å². The molecule has 32 heavy (non-hydrogen) atoms. The number of aromatic nitrogens is 2. The maximum atomic E-state index is 12.6. The van der Waals surface area contributed by atoms with E-state index in [1.807, 2.05) is 0 Å². The van der Waals surface area contributed by atoms with Gasteiger partial charge in [0.1, 0.15) is 10.8 Å². The molecule has 0 radical (unpaired) electrons. The van der Waals surface area contributed by atoms with Crippen LogP contribution in [0.1, 0.15) is 29.0 Å². The van der Waals surface area contributed by atoms with Crippen molar-refractivity contribution >= 4 is 33.4 Å². The Balaban J connectivity index is 2.10. The molecule has 1 fully saturated rings. The van der Waals surface area contributed by atoms with Gasteiger partial charge in [-0.15, -0.1) is 0 Å². The zero-order valence-electron chi connectivity index (χ0n) is 17.9. The van der Waals surface area contributed by atoms with Crippen LogP contribution in [0.4, 0.5) is 0 Å². The molecule has 1 saturated heterocycles. The highest BCUT2D eigenvalue weighted by atomic mass is 35.5. The Morgan fingerprint density at radius 3 is 2.62 bits per heavy atom. The van der Waals surface area contributed by atoms with Gasteiger partial charge in [-0.2, -0.15) is 4.31 Å². The summed E-state index contributed by atoms with van der Waals surface area (Å²) in [5.41, 5.74) is 1.83. The molecule has 2 atom stereocenters. The summed E-state index contributed by atoms with van der Waals surface area (Å²) in [5.74, 6) is -0.628. The van der Waals surface area contributed by atoms with E-state index in [2.05, 4.69) is 21.9 Å². The van der Waals surface area contributed by atoms with E-state index in [9.17, 15) is 18.0 Å². The lowest BCUT2D eigenvalue weighted by Crippen LogP contribution is -2.56. The Morgan fingerprint density at radius 1 is 1.28 bits per heavy atom. The third-order valence-corrected chi connectivity index (χ3v) is 6.78. The van der Waals surface area contributed by atoms with Crippen molar-refractivity contribution in [3.05, 3.63) is 59.5 Å². The summed E-state index contributed by atoms with van der Waals surface area (Å²) in [4.78, 5) is 34.2. The number of carbonyl (C=O) groups is 2. The predicted octanol–water partition coefficient (Wildman–Crippen LogP) is 1.88. The average Bonchev–Trinajstić information content (AvgIpc) is 2.76. The molecule has 0 aliphatic carbocycles. The number of sulfonamides is 1. The average molecular weight is 478 g/mol. The zero-order valence-corrected chi connectivity index (χ0v) is 19.5. The van der Waals surface area contributed by atoms with Gasteiger partial charge >= 0.3 is 0 Å². The Bertz CT molecular complexity index is 1170. The number of piperazine rings is 1. The summed E-state index contributed by atoms with van der Waals surface area (Å²) in [5, 5.41) is 2.67. The van der Waals surface area contributed by atoms with Gasteiger partial charge in [0.2, 0.25) is 15.9 Å². The van der Waals surface area contributed by atoms with Gasteiger partial charge in [-0.3, -0.25) is 14.6 Å². The van der Waals surface area contributed by atoms with Gasteiger partial charge in [0.05, 0.1) is 18.0 Å². The number of rotatable bonds is 5. The van der Waals surface area contributed by atoms with Crippen LogP contribution in [0.2, 0.25) is 5.15 Å². The van der Waals surface area contributed by atoms with E-state index in [1.54, 1.807) is 36.1 Å². The van der Waals surface area contributed by atoms with Crippen molar-refractivity contribution in [1.82, 2.24) is 24.5 Å². The number of amides is 2. The summed E-state index contributed by atoms with van der Waals surface area (Å²) in [7, 11) is -2.09. The SMILES string of the molecule is C=CC(=O)N1CC(c2cc(Cl)nc(-c3ccnc(C(=O)NC)c3)c2)N(S(C)(=O)=O)[C@@H](C)C1. The quantitative estimate of drug-likeness (QED) is 0.519. The monoisotopic (exact) mass is 477 g/mol. The molecule has 0 spiro atoms. The maximum absolute atomic E-state index is 12.6. The van der Waals surface area contributed by atoms with Gasteiger partial charge in [-0.1, -0.05) is 18.2 Å². The second-order valence-corrected chi connectivity index (χ2v) is 9.80. The van der Waals surface area contributed by atoms with E-state index in [1.165, 1.54) is 23.6 Å². The van der Waals surface area contributed by atoms with Crippen LogP contribution < -0.4 is 5.32 Å². The largest absolute Gasteiger partial charge is 0.354 e. The molecule has 1 aliphatic rings. The highest BCUT2D eigenvalue weighted by Crippen LogP contribution is 2.34. The number of pyridine rings is 2. The summed E-state index contributed by atoms with van der Waals surface area (Å²) < 4.78 is 26.6. The first-order valence-electron chi connectivity index (χ1n) is 9.81. The fourth-order valence-electron chi connectivity index (χ4n) is 3.89. The third-order valence-electron chi connectivity index (χ3n) is 5.21. The number of nitrogens with zero attached hydrogens (tertiary/aromatic N) is 4. The first-order valence-corrected chi connectivity index (χ1v) is 12.0. The molecule has 11 heteroatoms. The summed E-state index contributed by atoms with van der Waals surface area (Å²) in [6.45, 7) is 5.67. The second-order valence-electron chi connectivity index (χ2n) is 7.52. The third kappa shape index (κ3) is 4.98. The zero-order chi connectivity index (χ0) is 23.6. The Morgan fingerprint density at radius 2 is 2.00 bits per heavy atom. The Labute approximate surface area is 192 Å². The minimum absolute atomic E-state index is 0.141. The van der Waals surface area contributed by atoms with Gasteiger partial charge in [-0.25, -0.2) is 13.4 Å². The van der Waals surface area contributed by atoms with Gasteiger partial charge in [-0.05, 0) is 42.8 Å². The molecule has 2 aromatic heterocycles. The topological polar surface area (TPSA) is 113 Å². The van der Waals surface area contributed by atoms with Crippen molar-refractivity contribution in [3.8, 4) is 11.3 Å². The number of hydrogen-bond donors (Lipinski definition) is 1. The highest BCUT2D eigenvalue weighted by Gasteiger charge is 2.40. The van der Waals surface area contributed by atoms with Crippen molar-refractivity contribution in [3.63, 3.8) is 0 Å². The van der Waals surface area contributed by atoms with Crippen LogP contribution in [0.15, 0.2) is 43.1 Å². The van der Waals surface area contributed by atoms with Crippen LogP contribution in [0, 0.1) is 0 Å². The molecule has 0 aromatic carbocycles. The molecule has 0 saturated carbocycles. The van der Waals surface area contributed by atoms with Crippen LogP contribution in [0.25, 0.3) is 11.3 Å². The molecular weight excluding hydrogens is 454 g/mol. The van der Waals surface area contributed by atoms with Gasteiger partial charge in [0.25, 0.3) is 5.91 Å². The number of nitrogens with one attached hydrogen (secondary N) is 1. The lowest BCUT2D eigenvalue weighted by molar-refractivity contribution is -0.129. The molecule has 3 heterocycles. The highest BCUT2D eigenvalue weighted by molar-refractivity contribution is 7.88. The van der Waals surface area contributed by atoms with E-state index < -0.39 is 22.1 Å². The number of halogens is 1. The van der Waals surface area contributed by atoms with Crippen LogP contribution >= 0.6 is 11.6 Å². The molecule has 3 rings (SSSR count). The Kier molecular flexibility index (Phi) is 6.97. The van der Waals surface area contributed by atoms with Crippen molar-refractivity contribution in [2.75, 3.05) is 26.4 Å². The molecule has 1 unspecified atom stereocenters. The minimum atomic E-state index is -3.60. The summed E-state index contributed by atoms with van der Waals surface area (Å²) in [6.07, 6.45) is 3.84. The molecule has 9 nitrogen and oxygen atoms in total. The summed E-state index contributed by atoms with van der Waals surface area (Å²) >= 11 is 6.30. The van der Waals surface area contributed by atoms with E-state index in [4.69, 9.17) is 11.6 Å². The van der Waals surface area contributed by atoms with Crippen molar-refractivity contribution in [1.29, 1.82) is 0 Å². The predicted molar refractivity (Wildman–Crippen MR) is 122 cm³/mol. The van der Waals surface area contributed by atoms with Gasteiger partial charge in [0.15, 0.2) is 0 Å². The normalized spacial score (nSPS) is 19.4. The lowest BCUT2D eigenvalue weighted by atomic mass is 10.0. The van der Waals surface area contributed by atoms with Gasteiger partial charge < -0.3 is 10.2 Å². The molecule has 2 aromatic rings. The summed E-state index contributed by atoms with van der Waals surface area (Å²) in [6, 6.07) is 5.43. The molecule has 1 N–H and O–H groups in total. The van der Waals surface area contributed by atoms with Crippen molar-refractivity contribution < 1.29 is 18.0 Å².